The van der Waals surface area contributed by atoms with Crippen LogP contribution in [0.25, 0.3) is 0 Å². The summed E-state index contributed by atoms with van der Waals surface area (Å²) < 4.78 is 39.0. The summed E-state index contributed by atoms with van der Waals surface area (Å²) in [6.07, 6.45) is -2.29. The lowest BCUT2D eigenvalue weighted by molar-refractivity contribution is -0.137. The first-order valence-corrected chi connectivity index (χ1v) is 10.8. The second-order valence-electron chi connectivity index (χ2n) is 7.24. The van der Waals surface area contributed by atoms with E-state index in [2.05, 4.69) is 27.4 Å². The topological polar surface area (TPSA) is 55.3 Å². The first-order chi connectivity index (χ1) is 15.2. The third-order valence-electron chi connectivity index (χ3n) is 5.13. The highest BCUT2D eigenvalue weighted by atomic mass is 35.5. The van der Waals surface area contributed by atoms with Gasteiger partial charge in [-0.2, -0.15) is 18.3 Å². The van der Waals surface area contributed by atoms with E-state index < -0.39 is 11.7 Å². The molecule has 0 aliphatic carbocycles. The van der Waals surface area contributed by atoms with Gasteiger partial charge in [-0.25, -0.2) is 0 Å². The first kappa shape index (κ1) is 24.1. The van der Waals surface area contributed by atoms with Crippen molar-refractivity contribution in [2.24, 2.45) is 10.1 Å². The number of nitrogens with one attached hydrogen (secondary N) is 2. The second kappa shape index (κ2) is 10.4. The van der Waals surface area contributed by atoms with Crippen LogP contribution in [-0.2, 0) is 6.18 Å². The number of anilines is 1. The van der Waals surface area contributed by atoms with Crippen LogP contribution >= 0.6 is 23.8 Å². The van der Waals surface area contributed by atoms with E-state index in [1.165, 1.54) is 18.3 Å². The molecule has 2 aliphatic rings. The second-order valence-corrected chi connectivity index (χ2v) is 8.20. The van der Waals surface area contributed by atoms with Gasteiger partial charge >= 0.3 is 6.18 Å². The van der Waals surface area contributed by atoms with Crippen LogP contribution in [0, 0.1) is 0 Å². The Morgan fingerprint density at radius 1 is 1.28 bits per heavy atom. The van der Waals surface area contributed by atoms with Crippen LogP contribution in [0.3, 0.4) is 0 Å². The summed E-state index contributed by atoms with van der Waals surface area (Å²) in [5.41, 5.74) is 4.86. The molecule has 0 radical (unpaired) electrons. The van der Waals surface area contributed by atoms with Gasteiger partial charge in [0.2, 0.25) is 0 Å². The Labute approximate surface area is 195 Å². The van der Waals surface area contributed by atoms with E-state index in [1.54, 1.807) is 13.0 Å². The van der Waals surface area contributed by atoms with Gasteiger partial charge in [0.1, 0.15) is 5.71 Å². The van der Waals surface area contributed by atoms with Crippen LogP contribution in [0.15, 0.2) is 57.9 Å². The molecule has 6 nitrogen and oxygen atoms in total. The predicted octanol–water partition coefficient (Wildman–Crippen LogP) is 4.11. The number of piperidine rings is 1. The molecule has 0 bridgehead atoms. The van der Waals surface area contributed by atoms with Crippen LogP contribution in [0.4, 0.5) is 18.9 Å². The van der Waals surface area contributed by atoms with E-state index >= 15 is 0 Å². The molecule has 0 aromatic heterocycles. The number of benzene rings is 1. The fraction of sp³-hybridized carbons (Fsp3) is 0.381. The highest BCUT2D eigenvalue weighted by Gasteiger charge is 2.31. The molecule has 0 saturated carbocycles. The minimum atomic E-state index is -4.36. The summed E-state index contributed by atoms with van der Waals surface area (Å²) in [6.45, 7) is 8.30. The van der Waals surface area contributed by atoms with Gasteiger partial charge in [-0.05, 0) is 37.3 Å². The van der Waals surface area contributed by atoms with E-state index in [0.29, 0.717) is 72.1 Å². The number of piperazine rings is 1. The molecule has 3 rings (SSSR count). The Morgan fingerprint density at radius 2 is 2.00 bits per heavy atom. The molecule has 1 aromatic rings. The lowest BCUT2D eigenvalue weighted by Crippen LogP contribution is -2.51. The monoisotopic (exact) mass is 484 g/mol. The molecule has 1 aromatic carbocycles. The Balaban J connectivity index is 1.62. The first-order valence-electron chi connectivity index (χ1n) is 10.0. The molecule has 0 spiro atoms. The van der Waals surface area contributed by atoms with Crippen molar-refractivity contribution in [2.45, 2.75) is 19.5 Å². The normalized spacial score (nSPS) is 21.4. The molecule has 172 valence electrons. The molecule has 0 unspecified atom stereocenters. The molecule has 11 heteroatoms. The van der Waals surface area contributed by atoms with Crippen molar-refractivity contribution in [3.8, 4) is 0 Å². The van der Waals surface area contributed by atoms with E-state index in [1.807, 2.05) is 9.80 Å². The number of hydrogen-bond acceptors (Lipinski definition) is 5. The third kappa shape index (κ3) is 5.80. The van der Waals surface area contributed by atoms with Crippen molar-refractivity contribution < 1.29 is 13.2 Å². The smallest absolute Gasteiger partial charge is 0.382 e. The molecular formula is C21H24ClF3N6S. The molecule has 32 heavy (non-hydrogen) atoms. The Morgan fingerprint density at radius 3 is 2.62 bits per heavy atom. The van der Waals surface area contributed by atoms with Crippen molar-refractivity contribution in [3.63, 3.8) is 0 Å². The van der Waals surface area contributed by atoms with Gasteiger partial charge in [-0.3, -0.25) is 10.4 Å². The summed E-state index contributed by atoms with van der Waals surface area (Å²) in [7, 11) is 0. The maximum Gasteiger partial charge on any atom is 0.416 e. The Kier molecular flexibility index (Phi) is 7.78. The largest absolute Gasteiger partial charge is 0.416 e. The summed E-state index contributed by atoms with van der Waals surface area (Å²) >= 11 is 11.6. The number of rotatable bonds is 3. The summed E-state index contributed by atoms with van der Waals surface area (Å²) in [5, 5.41) is 8.68. The standard InChI is InChI=1S/C21H24ClF3N6S/c1-3-26-19-17(7-8-27-18(19)14(2)22)28-29-20(32)31-11-9-30(10-12-31)16-6-4-5-15(13-16)21(23,24)25/h3-6,13,27H,1,7-12H2,2H3,(H,29,32)/b18-14-,26-19?,28-17-. The molecule has 0 atom stereocenters. The minimum Gasteiger partial charge on any atom is -0.382 e. The highest BCUT2D eigenvalue weighted by molar-refractivity contribution is 7.80. The molecular weight excluding hydrogens is 461 g/mol. The Hall–Kier alpha value is -2.59. The van der Waals surface area contributed by atoms with Crippen molar-refractivity contribution in [1.82, 2.24) is 15.6 Å². The van der Waals surface area contributed by atoms with E-state index in [9.17, 15) is 13.2 Å². The van der Waals surface area contributed by atoms with Crippen molar-refractivity contribution >= 4 is 46.0 Å². The summed E-state index contributed by atoms with van der Waals surface area (Å²) in [4.78, 5) is 8.15. The molecule has 0 amide bonds. The van der Waals surface area contributed by atoms with Gasteiger partial charge < -0.3 is 15.1 Å². The van der Waals surface area contributed by atoms with Crippen LogP contribution in [0.1, 0.15) is 18.9 Å². The van der Waals surface area contributed by atoms with Gasteiger partial charge in [0.25, 0.3) is 0 Å². The third-order valence-corrected chi connectivity index (χ3v) is 5.67. The number of hydrogen-bond donors (Lipinski definition) is 2. The van der Waals surface area contributed by atoms with Crippen LogP contribution < -0.4 is 15.6 Å². The number of alkyl halides is 3. The summed E-state index contributed by atoms with van der Waals surface area (Å²) in [5.74, 6) is 0. The van der Waals surface area contributed by atoms with Crippen molar-refractivity contribution in [1.29, 1.82) is 0 Å². The number of aliphatic imine (C=N–C) groups is 1. The zero-order chi connectivity index (χ0) is 23.3. The molecule has 2 N–H and O–H groups in total. The highest BCUT2D eigenvalue weighted by Crippen LogP contribution is 2.31. The minimum absolute atomic E-state index is 0.450. The number of allylic oxidation sites excluding steroid dienone is 2. The summed E-state index contributed by atoms with van der Waals surface area (Å²) in [6, 6.07) is 5.38. The van der Waals surface area contributed by atoms with E-state index in [-0.39, 0.29) is 0 Å². The molecule has 2 aliphatic heterocycles. The van der Waals surface area contributed by atoms with Gasteiger partial charge in [0.05, 0.1) is 17.0 Å². The van der Waals surface area contributed by atoms with Gasteiger partial charge in [0, 0.05) is 56.1 Å². The average Bonchev–Trinajstić information content (AvgIpc) is 2.77. The quantitative estimate of drug-likeness (QED) is 0.499. The maximum atomic E-state index is 13.0. The fourth-order valence-corrected chi connectivity index (χ4v) is 3.89. The lowest BCUT2D eigenvalue weighted by atomic mass is 10.0. The number of nitrogens with zero attached hydrogens (tertiary/aromatic N) is 4. The van der Waals surface area contributed by atoms with E-state index in [0.717, 1.165) is 6.07 Å². The van der Waals surface area contributed by atoms with Gasteiger partial charge in [-0.1, -0.05) is 24.2 Å². The maximum absolute atomic E-state index is 13.0. The average molecular weight is 485 g/mol. The van der Waals surface area contributed by atoms with Crippen molar-refractivity contribution in [3.05, 3.63) is 53.3 Å². The number of hydrazone groups is 1. The van der Waals surface area contributed by atoms with Gasteiger partial charge in [-0.15, -0.1) is 0 Å². The lowest BCUT2D eigenvalue weighted by Gasteiger charge is -2.37. The molecule has 2 saturated heterocycles. The predicted molar refractivity (Wildman–Crippen MR) is 127 cm³/mol. The SMILES string of the molecule is C=CN=C1/C(=N\NC(=S)N2CCN(c3cccc(C(F)(F)F)c3)CC2)CCN/C1=C(/C)Cl. The zero-order valence-electron chi connectivity index (χ0n) is 17.5. The van der Waals surface area contributed by atoms with Crippen LogP contribution in [-0.4, -0.2) is 54.2 Å². The van der Waals surface area contributed by atoms with E-state index in [4.69, 9.17) is 23.8 Å². The van der Waals surface area contributed by atoms with Crippen LogP contribution in [0.5, 0.6) is 0 Å². The zero-order valence-corrected chi connectivity index (χ0v) is 19.1. The molecule has 2 heterocycles. The Bertz CT molecular complexity index is 961. The number of halogens is 4. The van der Waals surface area contributed by atoms with Crippen LogP contribution in [0.2, 0.25) is 0 Å². The van der Waals surface area contributed by atoms with Gasteiger partial charge in [0.15, 0.2) is 5.11 Å². The fourth-order valence-electron chi connectivity index (χ4n) is 3.51. The molecule has 2 fully saturated rings. The van der Waals surface area contributed by atoms with Crippen molar-refractivity contribution in [2.75, 3.05) is 37.6 Å². The number of thiocarbonyl (C=S) groups is 1.